The van der Waals surface area contributed by atoms with Gasteiger partial charge in [-0.15, -0.1) is 0 Å². The van der Waals surface area contributed by atoms with Gasteiger partial charge in [0, 0.05) is 6.20 Å². The van der Waals surface area contributed by atoms with Crippen LogP contribution < -0.4 is 5.32 Å². The average Bonchev–Trinajstić information content (AvgIpc) is 2.72. The van der Waals surface area contributed by atoms with Crippen LogP contribution in [0.1, 0.15) is 37.8 Å². The topological polar surface area (TPSA) is 73.2 Å². The van der Waals surface area contributed by atoms with Crippen molar-refractivity contribution >= 4 is 11.9 Å². The molecule has 0 aromatic carbocycles. The highest BCUT2D eigenvalue weighted by atomic mass is 19.3. The second-order valence-electron chi connectivity index (χ2n) is 4.72. The molecule has 6 nitrogen and oxygen atoms in total. The Bertz CT molecular complexity index is 466. The van der Waals surface area contributed by atoms with Crippen LogP contribution in [0.2, 0.25) is 0 Å². The van der Waals surface area contributed by atoms with E-state index in [1.54, 1.807) is 20.8 Å². The number of hydrogen-bond donors (Lipinski definition) is 1. The van der Waals surface area contributed by atoms with Gasteiger partial charge in [0.15, 0.2) is 5.78 Å². The Morgan fingerprint density at radius 2 is 2.11 bits per heavy atom. The average molecular weight is 275 g/mol. The molecule has 8 heteroatoms. The Morgan fingerprint density at radius 1 is 1.47 bits per heavy atom. The highest BCUT2D eigenvalue weighted by Crippen LogP contribution is 2.12. The van der Waals surface area contributed by atoms with Crippen LogP contribution in [0.15, 0.2) is 12.3 Å². The van der Waals surface area contributed by atoms with Gasteiger partial charge in [0.1, 0.15) is 11.3 Å². The Morgan fingerprint density at radius 3 is 2.63 bits per heavy atom. The molecule has 0 aliphatic heterocycles. The molecule has 0 atom stereocenters. The fraction of sp³-hybridized carbons (Fsp3) is 0.545. The molecule has 106 valence electrons. The highest BCUT2D eigenvalue weighted by Gasteiger charge is 2.20. The van der Waals surface area contributed by atoms with Crippen LogP contribution in [-0.4, -0.2) is 33.8 Å². The van der Waals surface area contributed by atoms with Gasteiger partial charge in [0.05, 0.1) is 6.54 Å². The number of carbonyl (C=O) groups excluding carboxylic acids is 2. The summed E-state index contributed by atoms with van der Waals surface area (Å²) >= 11 is 0. The predicted molar refractivity (Wildman–Crippen MR) is 62.0 cm³/mol. The molecule has 1 aromatic rings. The maximum atomic E-state index is 12.5. The van der Waals surface area contributed by atoms with Gasteiger partial charge in [-0.3, -0.25) is 4.79 Å². The molecule has 0 aliphatic carbocycles. The first-order chi connectivity index (χ1) is 8.70. The van der Waals surface area contributed by atoms with E-state index in [2.05, 4.69) is 10.4 Å². The monoisotopic (exact) mass is 275 g/mol. The van der Waals surface area contributed by atoms with E-state index in [-0.39, 0.29) is 5.69 Å². The first-order valence-electron chi connectivity index (χ1n) is 5.52. The van der Waals surface area contributed by atoms with E-state index in [1.807, 2.05) is 0 Å². The zero-order valence-electron chi connectivity index (χ0n) is 10.8. The van der Waals surface area contributed by atoms with Crippen molar-refractivity contribution in [2.45, 2.75) is 32.9 Å². The summed E-state index contributed by atoms with van der Waals surface area (Å²) in [6.45, 7) is 1.66. The Balaban J connectivity index is 2.56. The van der Waals surface area contributed by atoms with Gasteiger partial charge in [-0.05, 0) is 26.8 Å². The number of amides is 1. The van der Waals surface area contributed by atoms with Crippen molar-refractivity contribution < 1.29 is 23.1 Å². The molecule has 1 amide bonds. The lowest BCUT2D eigenvalue weighted by molar-refractivity contribution is 0.0492. The summed E-state index contributed by atoms with van der Waals surface area (Å²) in [5, 5.41) is 5.52. The minimum Gasteiger partial charge on any atom is -0.444 e. The number of halogens is 2. The van der Waals surface area contributed by atoms with Gasteiger partial charge in [-0.25, -0.2) is 9.48 Å². The fourth-order valence-electron chi connectivity index (χ4n) is 1.25. The molecular formula is C11H15F2N3O3. The lowest BCUT2D eigenvalue weighted by atomic mass is 10.2. The number of carbonyl (C=O) groups is 2. The van der Waals surface area contributed by atoms with E-state index in [4.69, 9.17) is 4.74 Å². The largest absolute Gasteiger partial charge is 0.444 e. The molecule has 0 radical (unpaired) electrons. The molecule has 0 unspecified atom stereocenters. The standard InChI is InChI=1S/C11H15F2N3O3/c1-11(2,3)19-10(18)14-6-8(17)7-4-5-15-16(7)9(12)13/h4-5,9H,6H2,1-3H3,(H,14,18). The molecule has 0 bridgehead atoms. The minimum atomic E-state index is -2.91. The SMILES string of the molecule is CC(C)(C)OC(=O)NCC(=O)c1ccnn1C(F)F. The smallest absolute Gasteiger partial charge is 0.408 e. The van der Waals surface area contributed by atoms with E-state index < -0.39 is 30.6 Å². The van der Waals surface area contributed by atoms with Crippen LogP contribution in [0, 0.1) is 0 Å². The van der Waals surface area contributed by atoms with Gasteiger partial charge in [-0.2, -0.15) is 13.9 Å². The Kier molecular flexibility index (Phi) is 4.57. The number of nitrogens with zero attached hydrogens (tertiary/aromatic N) is 2. The summed E-state index contributed by atoms with van der Waals surface area (Å²) in [5.74, 6) is -0.677. The van der Waals surface area contributed by atoms with Crippen LogP contribution in [0.25, 0.3) is 0 Å². The van der Waals surface area contributed by atoms with Crippen LogP contribution in [0.3, 0.4) is 0 Å². The molecule has 0 saturated carbocycles. The van der Waals surface area contributed by atoms with Gasteiger partial charge in [0.2, 0.25) is 0 Å². The van der Waals surface area contributed by atoms with Crippen molar-refractivity contribution in [2.75, 3.05) is 6.54 Å². The van der Waals surface area contributed by atoms with Crippen molar-refractivity contribution in [1.29, 1.82) is 0 Å². The third-order valence-corrected chi connectivity index (χ3v) is 1.93. The van der Waals surface area contributed by atoms with Crippen LogP contribution in [0.4, 0.5) is 13.6 Å². The van der Waals surface area contributed by atoms with E-state index in [9.17, 15) is 18.4 Å². The summed E-state index contributed by atoms with van der Waals surface area (Å²) in [4.78, 5) is 22.9. The number of alkyl halides is 2. The van der Waals surface area contributed by atoms with Crippen molar-refractivity contribution in [1.82, 2.24) is 15.1 Å². The third kappa shape index (κ3) is 4.65. The van der Waals surface area contributed by atoms with Crippen LogP contribution >= 0.6 is 0 Å². The molecule has 0 aliphatic rings. The molecule has 1 aromatic heterocycles. The zero-order valence-corrected chi connectivity index (χ0v) is 10.8. The van der Waals surface area contributed by atoms with Gasteiger partial charge in [0.25, 0.3) is 0 Å². The van der Waals surface area contributed by atoms with Gasteiger partial charge in [-0.1, -0.05) is 0 Å². The molecule has 19 heavy (non-hydrogen) atoms. The summed E-state index contributed by atoms with van der Waals surface area (Å²) in [6.07, 6.45) is 0.302. The molecule has 0 spiro atoms. The van der Waals surface area contributed by atoms with E-state index in [0.29, 0.717) is 4.68 Å². The fourth-order valence-corrected chi connectivity index (χ4v) is 1.25. The number of rotatable bonds is 4. The lowest BCUT2D eigenvalue weighted by Crippen LogP contribution is -2.36. The van der Waals surface area contributed by atoms with Crippen molar-refractivity contribution in [3.63, 3.8) is 0 Å². The predicted octanol–water partition coefficient (Wildman–Crippen LogP) is 1.99. The number of ketones is 1. The van der Waals surface area contributed by atoms with Crippen LogP contribution in [-0.2, 0) is 4.74 Å². The zero-order chi connectivity index (χ0) is 14.6. The first-order valence-corrected chi connectivity index (χ1v) is 5.52. The molecule has 1 rings (SSSR count). The maximum Gasteiger partial charge on any atom is 0.408 e. The summed E-state index contributed by atoms with van der Waals surface area (Å²) in [5.41, 5.74) is -0.969. The second kappa shape index (κ2) is 5.77. The lowest BCUT2D eigenvalue weighted by Gasteiger charge is -2.19. The second-order valence-corrected chi connectivity index (χ2v) is 4.72. The quantitative estimate of drug-likeness (QED) is 0.853. The van der Waals surface area contributed by atoms with Gasteiger partial charge < -0.3 is 10.1 Å². The molecule has 0 fully saturated rings. The Hall–Kier alpha value is -1.99. The van der Waals surface area contributed by atoms with Crippen molar-refractivity contribution in [3.05, 3.63) is 18.0 Å². The Labute approximate surface area is 108 Å². The summed E-state index contributed by atoms with van der Waals surface area (Å²) in [6, 6.07) is 1.16. The van der Waals surface area contributed by atoms with Gasteiger partial charge >= 0.3 is 12.6 Å². The van der Waals surface area contributed by atoms with E-state index in [1.165, 1.54) is 0 Å². The number of Topliss-reactive ketones (excluding diaryl/α,β-unsaturated/α-hetero) is 1. The molecule has 0 saturated heterocycles. The van der Waals surface area contributed by atoms with Crippen molar-refractivity contribution in [2.24, 2.45) is 0 Å². The van der Waals surface area contributed by atoms with Crippen LogP contribution in [0.5, 0.6) is 0 Å². The number of aromatic nitrogens is 2. The molecular weight excluding hydrogens is 260 g/mol. The normalized spacial score (nSPS) is 11.5. The summed E-state index contributed by atoms with van der Waals surface area (Å²) in [7, 11) is 0. The molecule has 1 heterocycles. The van der Waals surface area contributed by atoms with E-state index in [0.717, 1.165) is 12.3 Å². The number of nitrogens with one attached hydrogen (secondary N) is 1. The third-order valence-electron chi connectivity index (χ3n) is 1.93. The number of alkyl carbamates (subject to hydrolysis) is 1. The molecule has 1 N–H and O–H groups in total. The highest BCUT2D eigenvalue weighted by molar-refractivity contribution is 5.97. The van der Waals surface area contributed by atoms with Crippen molar-refractivity contribution in [3.8, 4) is 0 Å². The van der Waals surface area contributed by atoms with E-state index >= 15 is 0 Å². The minimum absolute atomic E-state index is 0.272. The number of ether oxygens (including phenoxy) is 1. The maximum absolute atomic E-state index is 12.5. The summed E-state index contributed by atoms with van der Waals surface area (Å²) < 4.78 is 30.2. The first kappa shape index (κ1) is 15.1. The number of hydrogen-bond acceptors (Lipinski definition) is 4.